The zero-order valence-corrected chi connectivity index (χ0v) is 7.82. The van der Waals surface area contributed by atoms with Gasteiger partial charge in [-0.2, -0.15) is 0 Å². The summed E-state index contributed by atoms with van der Waals surface area (Å²) >= 11 is 0. The van der Waals surface area contributed by atoms with E-state index in [2.05, 4.69) is 5.43 Å². The van der Waals surface area contributed by atoms with Crippen molar-refractivity contribution in [2.24, 2.45) is 5.84 Å². The summed E-state index contributed by atoms with van der Waals surface area (Å²) in [5.74, 6) is 6.23. The third-order valence-electron chi connectivity index (χ3n) is 1.84. The number of nitrogens with one attached hydrogen (secondary N) is 1. The molecule has 0 saturated carbocycles. The SMILES string of the molecule is CCOCCC(NN)c1ccco1. The van der Waals surface area contributed by atoms with Gasteiger partial charge in [0.2, 0.25) is 0 Å². The Kier molecular flexibility index (Phi) is 4.53. The van der Waals surface area contributed by atoms with Crippen LogP contribution in [0.2, 0.25) is 0 Å². The van der Waals surface area contributed by atoms with Gasteiger partial charge >= 0.3 is 0 Å². The molecule has 13 heavy (non-hydrogen) atoms. The molecule has 74 valence electrons. The number of hydrogen-bond donors (Lipinski definition) is 2. The highest BCUT2D eigenvalue weighted by atomic mass is 16.5. The number of nitrogens with two attached hydrogens (primary N) is 1. The molecule has 0 aliphatic carbocycles. The van der Waals surface area contributed by atoms with Gasteiger partial charge in [0, 0.05) is 13.2 Å². The summed E-state index contributed by atoms with van der Waals surface area (Å²) in [6.45, 7) is 3.39. The first-order chi connectivity index (χ1) is 6.38. The van der Waals surface area contributed by atoms with Crippen LogP contribution in [0.1, 0.15) is 25.1 Å². The third-order valence-corrected chi connectivity index (χ3v) is 1.84. The fourth-order valence-corrected chi connectivity index (χ4v) is 1.14. The van der Waals surface area contributed by atoms with E-state index >= 15 is 0 Å². The predicted octanol–water partition coefficient (Wildman–Crippen LogP) is 1.21. The third kappa shape index (κ3) is 3.18. The van der Waals surface area contributed by atoms with Crippen LogP contribution in [-0.4, -0.2) is 13.2 Å². The molecule has 0 saturated heterocycles. The van der Waals surface area contributed by atoms with E-state index in [0.29, 0.717) is 6.61 Å². The van der Waals surface area contributed by atoms with Crippen LogP contribution in [-0.2, 0) is 4.74 Å². The first-order valence-corrected chi connectivity index (χ1v) is 4.45. The molecule has 0 aliphatic rings. The molecule has 0 fully saturated rings. The normalized spacial score (nSPS) is 13.1. The topological polar surface area (TPSA) is 60.4 Å². The Bertz CT molecular complexity index is 211. The van der Waals surface area contributed by atoms with Gasteiger partial charge in [-0.1, -0.05) is 0 Å². The largest absolute Gasteiger partial charge is 0.468 e. The van der Waals surface area contributed by atoms with Crippen molar-refractivity contribution < 1.29 is 9.15 Å². The number of rotatable bonds is 6. The summed E-state index contributed by atoms with van der Waals surface area (Å²) in [4.78, 5) is 0. The number of hydrogen-bond acceptors (Lipinski definition) is 4. The van der Waals surface area contributed by atoms with Gasteiger partial charge in [0.15, 0.2) is 0 Å². The van der Waals surface area contributed by atoms with E-state index in [1.807, 2.05) is 19.1 Å². The second-order valence-corrected chi connectivity index (χ2v) is 2.72. The van der Waals surface area contributed by atoms with Crippen LogP contribution in [0.15, 0.2) is 22.8 Å². The minimum atomic E-state index is 0.0431. The van der Waals surface area contributed by atoms with Gasteiger partial charge in [0.25, 0.3) is 0 Å². The second kappa shape index (κ2) is 5.75. The average Bonchev–Trinajstić information content (AvgIpc) is 2.65. The van der Waals surface area contributed by atoms with Crippen molar-refractivity contribution in [2.75, 3.05) is 13.2 Å². The van der Waals surface area contributed by atoms with Crippen LogP contribution < -0.4 is 11.3 Å². The molecule has 0 bridgehead atoms. The lowest BCUT2D eigenvalue weighted by molar-refractivity contribution is 0.133. The van der Waals surface area contributed by atoms with Gasteiger partial charge in [0.1, 0.15) is 5.76 Å². The van der Waals surface area contributed by atoms with Gasteiger partial charge < -0.3 is 9.15 Å². The second-order valence-electron chi connectivity index (χ2n) is 2.72. The van der Waals surface area contributed by atoms with E-state index < -0.39 is 0 Å². The molecule has 1 atom stereocenters. The molecule has 1 aromatic rings. The summed E-state index contributed by atoms with van der Waals surface area (Å²) in [7, 11) is 0. The van der Waals surface area contributed by atoms with Gasteiger partial charge in [-0.3, -0.25) is 5.84 Å². The Balaban J connectivity index is 2.35. The first kappa shape index (κ1) is 10.2. The molecule has 0 aromatic carbocycles. The Morgan fingerprint density at radius 2 is 2.54 bits per heavy atom. The summed E-state index contributed by atoms with van der Waals surface area (Å²) in [5, 5.41) is 0. The lowest BCUT2D eigenvalue weighted by atomic mass is 10.2. The van der Waals surface area contributed by atoms with Gasteiger partial charge in [0.05, 0.1) is 12.3 Å². The first-order valence-electron chi connectivity index (χ1n) is 4.45. The van der Waals surface area contributed by atoms with Crippen LogP contribution in [0.3, 0.4) is 0 Å². The standard InChI is InChI=1S/C9H16N2O2/c1-2-12-7-5-8(11-10)9-4-3-6-13-9/h3-4,6,8,11H,2,5,7,10H2,1H3. The molecule has 0 spiro atoms. The van der Waals surface area contributed by atoms with Crippen LogP contribution in [0, 0.1) is 0 Å². The van der Waals surface area contributed by atoms with E-state index in [1.165, 1.54) is 0 Å². The summed E-state index contributed by atoms with van der Waals surface area (Å²) in [6, 6.07) is 3.79. The number of ether oxygens (including phenoxy) is 1. The Hall–Kier alpha value is -0.840. The van der Waals surface area contributed by atoms with E-state index in [-0.39, 0.29) is 6.04 Å². The van der Waals surface area contributed by atoms with Gasteiger partial charge in [-0.05, 0) is 25.5 Å². The van der Waals surface area contributed by atoms with Crippen molar-refractivity contribution in [3.63, 3.8) is 0 Å². The summed E-state index contributed by atoms with van der Waals surface area (Å²) < 4.78 is 10.4. The Morgan fingerprint density at radius 3 is 3.08 bits per heavy atom. The van der Waals surface area contributed by atoms with Crippen molar-refractivity contribution in [3.05, 3.63) is 24.2 Å². The molecular weight excluding hydrogens is 168 g/mol. The summed E-state index contributed by atoms with van der Waals surface area (Å²) in [6.07, 6.45) is 2.46. The van der Waals surface area contributed by atoms with Crippen LogP contribution in [0.4, 0.5) is 0 Å². The molecule has 1 rings (SSSR count). The molecule has 1 unspecified atom stereocenters. The number of furan rings is 1. The van der Waals surface area contributed by atoms with E-state index in [1.54, 1.807) is 6.26 Å². The molecule has 3 N–H and O–H groups in total. The predicted molar refractivity (Wildman–Crippen MR) is 49.9 cm³/mol. The van der Waals surface area contributed by atoms with Crippen molar-refractivity contribution in [1.82, 2.24) is 5.43 Å². The lowest BCUT2D eigenvalue weighted by Crippen LogP contribution is -2.28. The minimum absolute atomic E-state index is 0.0431. The fourth-order valence-electron chi connectivity index (χ4n) is 1.14. The van der Waals surface area contributed by atoms with Crippen LogP contribution in [0.25, 0.3) is 0 Å². The monoisotopic (exact) mass is 184 g/mol. The molecule has 0 aliphatic heterocycles. The van der Waals surface area contributed by atoms with Gasteiger partial charge in [-0.25, -0.2) is 5.43 Å². The zero-order valence-electron chi connectivity index (χ0n) is 7.82. The van der Waals surface area contributed by atoms with E-state index in [9.17, 15) is 0 Å². The molecule has 0 radical (unpaired) electrons. The highest BCUT2D eigenvalue weighted by Crippen LogP contribution is 2.15. The molecule has 4 heteroatoms. The molecular formula is C9H16N2O2. The van der Waals surface area contributed by atoms with E-state index in [0.717, 1.165) is 18.8 Å². The van der Waals surface area contributed by atoms with Crippen LogP contribution >= 0.6 is 0 Å². The maximum atomic E-state index is 5.38. The highest BCUT2D eigenvalue weighted by Gasteiger charge is 2.11. The fraction of sp³-hybridized carbons (Fsp3) is 0.556. The van der Waals surface area contributed by atoms with Crippen molar-refractivity contribution in [3.8, 4) is 0 Å². The smallest absolute Gasteiger partial charge is 0.122 e. The maximum Gasteiger partial charge on any atom is 0.122 e. The van der Waals surface area contributed by atoms with Crippen molar-refractivity contribution in [1.29, 1.82) is 0 Å². The van der Waals surface area contributed by atoms with Crippen molar-refractivity contribution >= 4 is 0 Å². The van der Waals surface area contributed by atoms with Gasteiger partial charge in [-0.15, -0.1) is 0 Å². The highest BCUT2D eigenvalue weighted by molar-refractivity contribution is 5.03. The Morgan fingerprint density at radius 1 is 1.69 bits per heavy atom. The molecule has 4 nitrogen and oxygen atoms in total. The maximum absolute atomic E-state index is 5.38. The molecule has 1 heterocycles. The molecule has 0 amide bonds. The minimum Gasteiger partial charge on any atom is -0.468 e. The van der Waals surface area contributed by atoms with Crippen molar-refractivity contribution in [2.45, 2.75) is 19.4 Å². The Labute approximate surface area is 78.0 Å². The lowest BCUT2D eigenvalue weighted by Gasteiger charge is -2.12. The summed E-state index contributed by atoms with van der Waals surface area (Å²) in [5.41, 5.74) is 2.69. The van der Waals surface area contributed by atoms with E-state index in [4.69, 9.17) is 15.0 Å². The molecule has 1 aromatic heterocycles. The number of hydrazine groups is 1. The average molecular weight is 184 g/mol. The zero-order chi connectivity index (χ0) is 9.52. The quantitative estimate of drug-likeness (QED) is 0.396. The van der Waals surface area contributed by atoms with Crippen LogP contribution in [0.5, 0.6) is 0 Å².